The van der Waals surface area contributed by atoms with Crippen LogP contribution in [0.25, 0.3) is 0 Å². The van der Waals surface area contributed by atoms with Crippen LogP contribution in [0.5, 0.6) is 0 Å². The van der Waals surface area contributed by atoms with Gasteiger partial charge < -0.3 is 10.1 Å². The van der Waals surface area contributed by atoms with Gasteiger partial charge in [0.1, 0.15) is 16.4 Å². The number of aromatic nitrogens is 2. The second-order valence-electron chi connectivity index (χ2n) is 7.33. The zero-order valence-electron chi connectivity index (χ0n) is 17.4. The van der Waals surface area contributed by atoms with E-state index < -0.39 is 5.97 Å². The van der Waals surface area contributed by atoms with Crippen molar-refractivity contribution in [2.75, 3.05) is 25.2 Å². The molecule has 0 aliphatic heterocycles. The van der Waals surface area contributed by atoms with E-state index in [0.717, 1.165) is 12.3 Å². The van der Waals surface area contributed by atoms with Crippen LogP contribution in [0.4, 0.5) is 5.82 Å². The molecule has 0 spiro atoms. The van der Waals surface area contributed by atoms with E-state index in [4.69, 9.17) is 4.74 Å². The first-order chi connectivity index (χ1) is 14.1. The van der Waals surface area contributed by atoms with Crippen molar-refractivity contribution in [3.8, 4) is 0 Å². The molecule has 0 unspecified atom stereocenters. The minimum atomic E-state index is -0.393. The fraction of sp³-hybridized carbons (Fsp3) is 0.500. The van der Waals surface area contributed by atoms with Crippen LogP contribution in [0.15, 0.2) is 34.4 Å². The smallest absolute Gasteiger partial charge is 0.344 e. The van der Waals surface area contributed by atoms with Crippen molar-refractivity contribution in [2.45, 2.75) is 55.0 Å². The summed E-state index contributed by atoms with van der Waals surface area (Å²) in [5.41, 5.74) is 2.91. The molecule has 3 rings (SSSR count). The molecule has 0 atom stereocenters. The third-order valence-corrected chi connectivity index (χ3v) is 6.91. The number of thioether (sulfide) groups is 2. The molecule has 2 aromatic rings. The Bertz CT molecular complexity index is 839. The zero-order valence-corrected chi connectivity index (χ0v) is 19.0. The van der Waals surface area contributed by atoms with Gasteiger partial charge in [0, 0.05) is 12.3 Å². The minimum Gasteiger partial charge on any atom is -0.465 e. The van der Waals surface area contributed by atoms with Crippen molar-refractivity contribution < 1.29 is 9.53 Å². The molecule has 1 saturated carbocycles. The van der Waals surface area contributed by atoms with Gasteiger partial charge in [0.2, 0.25) is 0 Å². The highest BCUT2D eigenvalue weighted by Crippen LogP contribution is 2.32. The lowest BCUT2D eigenvalue weighted by molar-refractivity contribution is 0.0596. The second-order valence-corrected chi connectivity index (χ2v) is 9.07. The fourth-order valence-electron chi connectivity index (χ4n) is 3.58. The van der Waals surface area contributed by atoms with Gasteiger partial charge in [-0.05, 0) is 43.1 Å². The normalized spacial score (nSPS) is 14.6. The van der Waals surface area contributed by atoms with Gasteiger partial charge in [-0.3, -0.25) is 0 Å². The first-order valence-corrected chi connectivity index (χ1v) is 12.3. The number of nitrogens with zero attached hydrogens (tertiary/aromatic N) is 2. The minimum absolute atomic E-state index is 0.393. The number of ether oxygens (including phenoxy) is 1. The number of esters is 1. The molecule has 0 bridgehead atoms. The van der Waals surface area contributed by atoms with Crippen LogP contribution >= 0.6 is 23.5 Å². The molecule has 1 fully saturated rings. The summed E-state index contributed by atoms with van der Waals surface area (Å²) in [5, 5.41) is 4.78. The topological polar surface area (TPSA) is 64.1 Å². The van der Waals surface area contributed by atoms with Gasteiger partial charge >= 0.3 is 5.97 Å². The average Bonchev–Trinajstić information content (AvgIpc) is 2.76. The maximum absolute atomic E-state index is 12.6. The zero-order chi connectivity index (χ0) is 20.6. The Labute approximate surface area is 181 Å². The summed E-state index contributed by atoms with van der Waals surface area (Å²) in [6.07, 6.45) is 8.31. The Balaban J connectivity index is 1.86. The lowest BCUT2D eigenvalue weighted by Gasteiger charge is -2.23. The van der Waals surface area contributed by atoms with E-state index in [1.165, 1.54) is 62.1 Å². The quantitative estimate of drug-likeness (QED) is 0.253. The number of carbonyl (C=O) groups is 1. The molecule has 0 saturated heterocycles. The first kappa shape index (κ1) is 22.0. The predicted octanol–water partition coefficient (Wildman–Crippen LogP) is 5.58. The third-order valence-electron chi connectivity index (χ3n) is 5.34. The largest absolute Gasteiger partial charge is 0.465 e. The molecular weight excluding hydrogens is 402 g/mol. The van der Waals surface area contributed by atoms with Crippen LogP contribution in [0, 0.1) is 12.8 Å². The number of methoxy groups -OCH3 is 1. The number of hydrogen-bond acceptors (Lipinski definition) is 7. The Morgan fingerprint density at radius 3 is 2.66 bits per heavy atom. The average molecular weight is 432 g/mol. The molecule has 1 aromatic heterocycles. The molecular formula is C22H29N3O2S2. The van der Waals surface area contributed by atoms with Crippen molar-refractivity contribution in [2.24, 2.45) is 5.92 Å². The molecule has 0 amide bonds. The van der Waals surface area contributed by atoms with E-state index in [0.29, 0.717) is 27.5 Å². The summed E-state index contributed by atoms with van der Waals surface area (Å²) in [6.45, 7) is 2.93. The molecule has 1 N–H and O–H groups in total. The maximum Gasteiger partial charge on any atom is 0.344 e. The molecule has 156 valence electrons. The number of carbonyl (C=O) groups excluding carboxylic acids is 1. The Morgan fingerprint density at radius 1 is 1.21 bits per heavy atom. The number of rotatable bonds is 8. The molecule has 7 heteroatoms. The summed E-state index contributed by atoms with van der Waals surface area (Å²) in [5.74, 6) is 1.57. The number of nitrogens with one attached hydrogen (secondary N) is 1. The molecule has 1 heterocycles. The standard InChI is InChI=1S/C22H29N3O2S2/c1-15-9-7-8-12-17(15)14-29-20-18(21(26)27-2)19(24-22(25-20)28-3)23-13-16-10-5-4-6-11-16/h7-9,12,16H,4-6,10-11,13-14H2,1-3H3,(H,23,24,25). The lowest BCUT2D eigenvalue weighted by atomic mass is 9.89. The van der Waals surface area contributed by atoms with E-state index in [1.807, 2.05) is 18.4 Å². The van der Waals surface area contributed by atoms with Crippen molar-refractivity contribution in [3.05, 3.63) is 41.0 Å². The number of hydrogen-bond donors (Lipinski definition) is 1. The second kappa shape index (κ2) is 10.9. The van der Waals surface area contributed by atoms with E-state index in [-0.39, 0.29) is 0 Å². The van der Waals surface area contributed by atoms with Gasteiger partial charge in [-0.25, -0.2) is 14.8 Å². The van der Waals surface area contributed by atoms with Gasteiger partial charge in [0.15, 0.2) is 5.16 Å². The predicted molar refractivity (Wildman–Crippen MR) is 121 cm³/mol. The van der Waals surface area contributed by atoms with Gasteiger partial charge in [0.05, 0.1) is 7.11 Å². The lowest BCUT2D eigenvalue weighted by Crippen LogP contribution is -2.20. The van der Waals surface area contributed by atoms with Crippen LogP contribution in [0.2, 0.25) is 0 Å². The van der Waals surface area contributed by atoms with Crippen LogP contribution in [-0.2, 0) is 10.5 Å². The molecule has 1 aromatic carbocycles. The number of benzene rings is 1. The Hall–Kier alpha value is -1.73. The van der Waals surface area contributed by atoms with Crippen LogP contribution in [-0.4, -0.2) is 35.8 Å². The monoisotopic (exact) mass is 431 g/mol. The van der Waals surface area contributed by atoms with Crippen LogP contribution < -0.4 is 5.32 Å². The first-order valence-electron chi connectivity index (χ1n) is 10.1. The van der Waals surface area contributed by atoms with Crippen LogP contribution in [0.3, 0.4) is 0 Å². The highest BCUT2D eigenvalue weighted by Gasteiger charge is 2.23. The maximum atomic E-state index is 12.6. The molecule has 0 radical (unpaired) electrons. The third kappa shape index (κ3) is 5.89. The Kier molecular flexibility index (Phi) is 8.24. The molecule has 5 nitrogen and oxygen atoms in total. The van der Waals surface area contributed by atoms with Crippen molar-refractivity contribution in [1.29, 1.82) is 0 Å². The highest BCUT2D eigenvalue weighted by molar-refractivity contribution is 7.99. The van der Waals surface area contributed by atoms with Gasteiger partial charge in [-0.2, -0.15) is 0 Å². The summed E-state index contributed by atoms with van der Waals surface area (Å²) >= 11 is 3.04. The van der Waals surface area contributed by atoms with Gasteiger partial charge in [0.25, 0.3) is 0 Å². The summed E-state index contributed by atoms with van der Waals surface area (Å²) in [4.78, 5) is 21.9. The molecule has 29 heavy (non-hydrogen) atoms. The van der Waals surface area contributed by atoms with E-state index in [1.54, 1.807) is 11.8 Å². The molecule has 1 aliphatic rings. The van der Waals surface area contributed by atoms with E-state index in [9.17, 15) is 4.79 Å². The molecule has 1 aliphatic carbocycles. The number of anilines is 1. The summed E-state index contributed by atoms with van der Waals surface area (Å²) in [7, 11) is 1.41. The summed E-state index contributed by atoms with van der Waals surface area (Å²) < 4.78 is 5.08. The fourth-order valence-corrected chi connectivity index (χ4v) is 5.10. The van der Waals surface area contributed by atoms with Crippen molar-refractivity contribution >= 4 is 35.3 Å². The van der Waals surface area contributed by atoms with E-state index in [2.05, 4.69) is 34.3 Å². The number of aryl methyl sites for hydroxylation is 1. The SMILES string of the molecule is COC(=O)c1c(NCC2CCCCC2)nc(SC)nc1SCc1ccccc1C. The van der Waals surface area contributed by atoms with Crippen LogP contribution in [0.1, 0.15) is 53.6 Å². The van der Waals surface area contributed by atoms with Gasteiger partial charge in [-0.1, -0.05) is 55.3 Å². The van der Waals surface area contributed by atoms with E-state index >= 15 is 0 Å². The van der Waals surface area contributed by atoms with Crippen molar-refractivity contribution in [1.82, 2.24) is 9.97 Å². The highest BCUT2D eigenvalue weighted by atomic mass is 32.2. The van der Waals surface area contributed by atoms with Gasteiger partial charge in [-0.15, -0.1) is 11.8 Å². The summed E-state index contributed by atoms with van der Waals surface area (Å²) in [6, 6.07) is 8.28. The Morgan fingerprint density at radius 2 is 1.97 bits per heavy atom. The van der Waals surface area contributed by atoms with Crippen molar-refractivity contribution in [3.63, 3.8) is 0 Å².